The van der Waals surface area contributed by atoms with Crippen molar-refractivity contribution in [2.24, 2.45) is 0 Å². The van der Waals surface area contributed by atoms with E-state index in [0.717, 1.165) is 12.1 Å². The van der Waals surface area contributed by atoms with Crippen LogP contribution in [0.1, 0.15) is 11.3 Å². The maximum Gasteiger partial charge on any atom is 0.262 e. The highest BCUT2D eigenvalue weighted by Gasteiger charge is 2.07. The van der Waals surface area contributed by atoms with Crippen molar-refractivity contribution >= 4 is 23.6 Å². The summed E-state index contributed by atoms with van der Waals surface area (Å²) in [5.74, 6) is -1.64. The van der Waals surface area contributed by atoms with Gasteiger partial charge in [-0.1, -0.05) is 23.7 Å². The fourth-order valence-corrected chi connectivity index (χ4v) is 1.90. The zero-order chi connectivity index (χ0) is 16.3. The maximum absolute atomic E-state index is 13.7. The molecule has 0 radical (unpaired) electrons. The lowest BCUT2D eigenvalue weighted by molar-refractivity contribution is -0.112. The SMILES string of the molecule is Cc1c(O)c(=O)ccn1NC(=O)/C=C/c1cccc(Cl)c1F. The average molecular weight is 323 g/mol. The molecule has 0 fully saturated rings. The Hall–Kier alpha value is -2.60. The molecule has 0 saturated carbocycles. The number of aromatic hydroxyl groups is 1. The van der Waals surface area contributed by atoms with Crippen LogP contribution in [0.15, 0.2) is 41.3 Å². The Bertz CT molecular complexity index is 815. The van der Waals surface area contributed by atoms with Crippen LogP contribution in [0.25, 0.3) is 6.08 Å². The van der Waals surface area contributed by atoms with E-state index in [2.05, 4.69) is 5.43 Å². The average Bonchev–Trinajstić information content (AvgIpc) is 2.49. The largest absolute Gasteiger partial charge is 0.503 e. The Morgan fingerprint density at radius 1 is 1.41 bits per heavy atom. The van der Waals surface area contributed by atoms with Crippen LogP contribution in [0.4, 0.5) is 4.39 Å². The van der Waals surface area contributed by atoms with Gasteiger partial charge in [-0.15, -0.1) is 0 Å². The van der Waals surface area contributed by atoms with Crippen molar-refractivity contribution in [2.75, 3.05) is 5.43 Å². The van der Waals surface area contributed by atoms with E-state index in [4.69, 9.17) is 11.6 Å². The van der Waals surface area contributed by atoms with Crippen LogP contribution in [0.5, 0.6) is 5.75 Å². The number of nitrogens with zero attached hydrogens (tertiary/aromatic N) is 1. The summed E-state index contributed by atoms with van der Waals surface area (Å²) in [6.45, 7) is 1.47. The lowest BCUT2D eigenvalue weighted by Crippen LogP contribution is -2.24. The van der Waals surface area contributed by atoms with E-state index in [1.807, 2.05) is 0 Å². The van der Waals surface area contributed by atoms with E-state index in [0.29, 0.717) is 0 Å². The van der Waals surface area contributed by atoms with Crippen molar-refractivity contribution in [1.29, 1.82) is 0 Å². The number of carbonyl (C=O) groups excluding carboxylic acids is 1. The second kappa shape index (κ2) is 6.44. The first-order chi connectivity index (χ1) is 10.4. The molecule has 114 valence electrons. The van der Waals surface area contributed by atoms with E-state index < -0.39 is 22.9 Å². The van der Waals surface area contributed by atoms with E-state index in [1.54, 1.807) is 6.07 Å². The van der Waals surface area contributed by atoms with Crippen molar-refractivity contribution in [2.45, 2.75) is 6.92 Å². The standard InChI is InChI=1S/C15H12ClFN2O3/c1-9-15(22)12(20)7-8-19(9)18-13(21)6-5-10-3-2-4-11(16)14(10)17/h2-8,22H,1H3,(H,18,21)/b6-5+. The topological polar surface area (TPSA) is 71.3 Å². The molecular formula is C15H12ClFN2O3. The van der Waals surface area contributed by atoms with Gasteiger partial charge in [-0.3, -0.25) is 19.7 Å². The van der Waals surface area contributed by atoms with Crippen molar-refractivity contribution in [3.63, 3.8) is 0 Å². The summed E-state index contributed by atoms with van der Waals surface area (Å²) in [4.78, 5) is 23.0. The van der Waals surface area contributed by atoms with Gasteiger partial charge in [0.05, 0.1) is 10.7 Å². The normalized spacial score (nSPS) is 10.9. The van der Waals surface area contributed by atoms with Crippen molar-refractivity contribution < 1.29 is 14.3 Å². The van der Waals surface area contributed by atoms with Gasteiger partial charge in [0, 0.05) is 23.9 Å². The monoisotopic (exact) mass is 322 g/mol. The molecular weight excluding hydrogens is 311 g/mol. The Morgan fingerprint density at radius 3 is 2.86 bits per heavy atom. The maximum atomic E-state index is 13.7. The summed E-state index contributed by atoms with van der Waals surface area (Å²) < 4.78 is 14.8. The molecule has 0 bridgehead atoms. The van der Waals surface area contributed by atoms with Crippen LogP contribution >= 0.6 is 11.6 Å². The molecule has 2 aromatic rings. The van der Waals surface area contributed by atoms with Gasteiger partial charge < -0.3 is 5.11 Å². The molecule has 0 aliphatic rings. The van der Waals surface area contributed by atoms with Gasteiger partial charge in [0.1, 0.15) is 5.82 Å². The number of benzene rings is 1. The van der Waals surface area contributed by atoms with Gasteiger partial charge in [-0.25, -0.2) is 4.39 Å². The second-order valence-corrected chi connectivity index (χ2v) is 4.84. The molecule has 5 nitrogen and oxygen atoms in total. The van der Waals surface area contributed by atoms with Gasteiger partial charge in [0.25, 0.3) is 5.91 Å². The van der Waals surface area contributed by atoms with Gasteiger partial charge in [0.2, 0.25) is 5.43 Å². The van der Waals surface area contributed by atoms with E-state index in [9.17, 15) is 19.1 Å². The summed E-state index contributed by atoms with van der Waals surface area (Å²) in [5, 5.41) is 9.47. The van der Waals surface area contributed by atoms with E-state index in [-0.39, 0.29) is 16.3 Å². The second-order valence-electron chi connectivity index (χ2n) is 4.44. The molecule has 0 saturated heterocycles. The third-order valence-electron chi connectivity index (χ3n) is 2.94. The van der Waals surface area contributed by atoms with Crippen LogP contribution in [0.3, 0.4) is 0 Å². The van der Waals surface area contributed by atoms with Crippen LogP contribution in [0.2, 0.25) is 5.02 Å². The van der Waals surface area contributed by atoms with E-state index >= 15 is 0 Å². The number of rotatable bonds is 3. The highest BCUT2D eigenvalue weighted by molar-refractivity contribution is 6.30. The smallest absolute Gasteiger partial charge is 0.262 e. The first-order valence-electron chi connectivity index (χ1n) is 6.24. The summed E-state index contributed by atoms with van der Waals surface area (Å²) in [6.07, 6.45) is 3.70. The van der Waals surface area contributed by atoms with Gasteiger partial charge in [0.15, 0.2) is 5.75 Å². The van der Waals surface area contributed by atoms with Crippen LogP contribution in [-0.4, -0.2) is 15.7 Å². The fourth-order valence-electron chi connectivity index (χ4n) is 1.72. The van der Waals surface area contributed by atoms with E-state index in [1.165, 1.54) is 36.0 Å². The predicted molar refractivity (Wildman–Crippen MR) is 81.9 cm³/mol. The number of pyridine rings is 1. The Labute approximate surface area is 130 Å². The molecule has 0 unspecified atom stereocenters. The molecule has 22 heavy (non-hydrogen) atoms. The number of amides is 1. The summed E-state index contributed by atoms with van der Waals surface area (Å²) in [7, 11) is 0. The molecule has 0 spiro atoms. The molecule has 1 heterocycles. The number of nitrogens with one attached hydrogen (secondary N) is 1. The Kier molecular flexibility index (Phi) is 4.62. The molecule has 0 aliphatic heterocycles. The van der Waals surface area contributed by atoms with Crippen LogP contribution in [-0.2, 0) is 4.79 Å². The minimum Gasteiger partial charge on any atom is -0.503 e. The Balaban J connectivity index is 2.17. The molecule has 1 aromatic heterocycles. The third kappa shape index (κ3) is 3.35. The number of hydrogen-bond donors (Lipinski definition) is 2. The third-order valence-corrected chi connectivity index (χ3v) is 3.23. The zero-order valence-corrected chi connectivity index (χ0v) is 12.3. The molecule has 7 heteroatoms. The lowest BCUT2D eigenvalue weighted by Gasteiger charge is -2.11. The summed E-state index contributed by atoms with van der Waals surface area (Å²) >= 11 is 5.64. The molecule has 0 atom stereocenters. The molecule has 2 N–H and O–H groups in total. The number of halogens is 2. The van der Waals surface area contributed by atoms with Gasteiger partial charge in [-0.2, -0.15) is 0 Å². The van der Waals surface area contributed by atoms with Crippen LogP contribution in [0, 0.1) is 12.7 Å². The first kappa shape index (κ1) is 15.8. The summed E-state index contributed by atoms with van der Waals surface area (Å²) in [6, 6.07) is 5.55. The molecule has 1 aromatic carbocycles. The highest BCUT2D eigenvalue weighted by Crippen LogP contribution is 2.18. The minimum atomic E-state index is -0.620. The minimum absolute atomic E-state index is 0.0382. The van der Waals surface area contributed by atoms with Crippen molar-refractivity contribution in [3.05, 3.63) is 68.9 Å². The predicted octanol–water partition coefficient (Wildman–Crippen LogP) is 2.44. The molecule has 2 rings (SSSR count). The fraction of sp³-hybridized carbons (Fsp3) is 0.0667. The van der Waals surface area contributed by atoms with Gasteiger partial charge in [-0.05, 0) is 19.1 Å². The quantitative estimate of drug-likeness (QED) is 0.853. The molecule has 0 aliphatic carbocycles. The molecule has 1 amide bonds. The summed E-state index contributed by atoms with van der Waals surface area (Å²) in [5.41, 5.74) is 2.23. The highest BCUT2D eigenvalue weighted by atomic mass is 35.5. The van der Waals surface area contributed by atoms with Crippen LogP contribution < -0.4 is 10.9 Å². The zero-order valence-electron chi connectivity index (χ0n) is 11.5. The number of hydrogen-bond acceptors (Lipinski definition) is 3. The first-order valence-corrected chi connectivity index (χ1v) is 6.62. The number of aromatic nitrogens is 1. The lowest BCUT2D eigenvalue weighted by atomic mass is 10.2. The van der Waals surface area contributed by atoms with Gasteiger partial charge >= 0.3 is 0 Å². The van der Waals surface area contributed by atoms with Crippen molar-refractivity contribution in [1.82, 2.24) is 4.68 Å². The number of carbonyl (C=O) groups is 1. The van der Waals surface area contributed by atoms with Crippen molar-refractivity contribution in [3.8, 4) is 5.75 Å². The Morgan fingerprint density at radius 2 is 2.14 bits per heavy atom.